The van der Waals surface area contributed by atoms with E-state index in [-0.39, 0.29) is 11.2 Å². The van der Waals surface area contributed by atoms with Crippen LogP contribution in [0.5, 0.6) is 0 Å². The minimum atomic E-state index is -0.333. The number of piperidine rings is 1. The van der Waals surface area contributed by atoms with Gasteiger partial charge >= 0.3 is 5.69 Å². The number of fused-ring (bicyclic) bond motifs is 1. The van der Waals surface area contributed by atoms with Crippen LogP contribution in [0.4, 0.5) is 0 Å². The summed E-state index contributed by atoms with van der Waals surface area (Å²) in [5.41, 5.74) is 1.84. The Labute approximate surface area is 182 Å². The molecule has 0 unspecified atom stereocenters. The molecule has 7 nitrogen and oxygen atoms in total. The molecule has 0 saturated carbocycles. The van der Waals surface area contributed by atoms with E-state index in [4.69, 9.17) is 4.98 Å². The highest BCUT2D eigenvalue weighted by atomic mass is 16.2. The van der Waals surface area contributed by atoms with Crippen molar-refractivity contribution in [2.75, 3.05) is 13.1 Å². The molecule has 1 fully saturated rings. The number of rotatable bonds is 6. The Kier molecular flexibility index (Phi) is 6.14. The molecule has 1 aliphatic heterocycles. The molecule has 166 valence electrons. The van der Waals surface area contributed by atoms with Gasteiger partial charge < -0.3 is 4.57 Å². The lowest BCUT2D eigenvalue weighted by molar-refractivity contribution is 0.171. The molecule has 31 heavy (non-hydrogen) atoms. The standard InChI is InChI=1S/C24H33N5O2/c1-17(2)15-29-20(25-22-21(29)23(30)27(4)24(31)26(22)3)16-28-12-10-19(11-13-28)14-18-8-6-5-7-9-18/h5-9,17,19H,10-16H2,1-4H3. The molecule has 0 atom stereocenters. The van der Waals surface area contributed by atoms with E-state index in [0.29, 0.717) is 36.1 Å². The fraction of sp³-hybridized carbons (Fsp3) is 0.542. The molecule has 7 heteroatoms. The summed E-state index contributed by atoms with van der Waals surface area (Å²) < 4.78 is 4.71. The highest BCUT2D eigenvalue weighted by Gasteiger charge is 2.24. The maximum absolute atomic E-state index is 12.9. The first-order chi connectivity index (χ1) is 14.8. The maximum Gasteiger partial charge on any atom is 0.332 e. The van der Waals surface area contributed by atoms with Crippen LogP contribution in [-0.2, 0) is 33.6 Å². The molecule has 3 heterocycles. The van der Waals surface area contributed by atoms with Crippen molar-refractivity contribution in [3.8, 4) is 0 Å². The van der Waals surface area contributed by atoms with Crippen LogP contribution in [-0.4, -0.2) is 36.7 Å². The molecule has 1 aromatic carbocycles. The van der Waals surface area contributed by atoms with E-state index >= 15 is 0 Å². The summed E-state index contributed by atoms with van der Waals surface area (Å²) in [6.45, 7) is 7.74. The molecule has 1 aliphatic rings. The Hall–Kier alpha value is -2.67. The van der Waals surface area contributed by atoms with Crippen LogP contribution in [0.3, 0.4) is 0 Å². The van der Waals surface area contributed by atoms with Gasteiger partial charge in [0.05, 0.1) is 6.54 Å². The number of likely N-dealkylation sites (tertiary alicyclic amines) is 1. The second-order valence-electron chi connectivity index (χ2n) is 9.32. The van der Waals surface area contributed by atoms with Crippen molar-refractivity contribution >= 4 is 11.2 Å². The quantitative estimate of drug-likeness (QED) is 0.611. The molecule has 0 amide bonds. The first kappa shape index (κ1) is 21.6. The molecule has 4 rings (SSSR count). The van der Waals surface area contributed by atoms with Crippen LogP contribution >= 0.6 is 0 Å². The van der Waals surface area contributed by atoms with Gasteiger partial charge in [-0.05, 0) is 49.8 Å². The van der Waals surface area contributed by atoms with Crippen LogP contribution in [0, 0.1) is 11.8 Å². The number of nitrogens with zero attached hydrogens (tertiary/aromatic N) is 5. The Bertz CT molecular complexity index is 1160. The lowest BCUT2D eigenvalue weighted by atomic mass is 9.90. The lowest BCUT2D eigenvalue weighted by Gasteiger charge is -2.32. The summed E-state index contributed by atoms with van der Waals surface area (Å²) in [5, 5.41) is 0. The fourth-order valence-corrected chi connectivity index (χ4v) is 4.67. The van der Waals surface area contributed by atoms with Crippen molar-refractivity contribution < 1.29 is 0 Å². The van der Waals surface area contributed by atoms with Crippen LogP contribution in [0.15, 0.2) is 39.9 Å². The van der Waals surface area contributed by atoms with E-state index in [1.807, 2.05) is 4.57 Å². The zero-order valence-corrected chi connectivity index (χ0v) is 19.0. The SMILES string of the molecule is CC(C)Cn1c(CN2CCC(Cc3ccccc3)CC2)nc2c1c(=O)n(C)c(=O)n2C. The normalized spacial score (nSPS) is 15.9. The summed E-state index contributed by atoms with van der Waals surface area (Å²) in [6.07, 6.45) is 3.47. The van der Waals surface area contributed by atoms with Gasteiger partial charge in [-0.15, -0.1) is 0 Å². The van der Waals surface area contributed by atoms with Crippen LogP contribution in [0.1, 0.15) is 38.1 Å². The van der Waals surface area contributed by atoms with Gasteiger partial charge in [0, 0.05) is 20.6 Å². The maximum atomic E-state index is 12.9. The molecule has 2 aromatic heterocycles. The third kappa shape index (κ3) is 4.37. The zero-order chi connectivity index (χ0) is 22.1. The van der Waals surface area contributed by atoms with Gasteiger partial charge in [0.15, 0.2) is 11.2 Å². The lowest BCUT2D eigenvalue weighted by Crippen LogP contribution is -2.37. The minimum absolute atomic E-state index is 0.265. The van der Waals surface area contributed by atoms with Gasteiger partial charge in [-0.1, -0.05) is 44.2 Å². The second-order valence-corrected chi connectivity index (χ2v) is 9.32. The van der Waals surface area contributed by atoms with Crippen LogP contribution in [0.2, 0.25) is 0 Å². The summed E-state index contributed by atoms with van der Waals surface area (Å²) in [5.74, 6) is 1.96. The molecule has 0 N–H and O–H groups in total. The number of benzene rings is 1. The largest absolute Gasteiger partial charge is 0.332 e. The summed E-state index contributed by atoms with van der Waals surface area (Å²) in [4.78, 5) is 32.5. The summed E-state index contributed by atoms with van der Waals surface area (Å²) >= 11 is 0. The van der Waals surface area contributed by atoms with Gasteiger partial charge in [-0.2, -0.15) is 0 Å². The average molecular weight is 424 g/mol. The van der Waals surface area contributed by atoms with E-state index in [1.54, 1.807) is 7.05 Å². The average Bonchev–Trinajstić information content (AvgIpc) is 3.10. The molecule has 0 aliphatic carbocycles. The third-order valence-electron chi connectivity index (χ3n) is 6.41. The number of aromatic nitrogens is 4. The van der Waals surface area contributed by atoms with E-state index in [2.05, 4.69) is 49.1 Å². The van der Waals surface area contributed by atoms with Gasteiger partial charge in [0.2, 0.25) is 0 Å². The topological polar surface area (TPSA) is 65.1 Å². The van der Waals surface area contributed by atoms with Crippen molar-refractivity contribution in [1.82, 2.24) is 23.6 Å². The number of hydrogen-bond donors (Lipinski definition) is 0. The predicted molar refractivity (Wildman–Crippen MR) is 123 cm³/mol. The highest BCUT2D eigenvalue weighted by Crippen LogP contribution is 2.23. The van der Waals surface area contributed by atoms with Crippen molar-refractivity contribution in [2.45, 2.75) is 46.2 Å². The summed E-state index contributed by atoms with van der Waals surface area (Å²) in [7, 11) is 3.23. The van der Waals surface area contributed by atoms with Crippen molar-refractivity contribution in [3.05, 3.63) is 62.6 Å². The zero-order valence-electron chi connectivity index (χ0n) is 19.0. The Morgan fingerprint density at radius 1 is 1.03 bits per heavy atom. The van der Waals surface area contributed by atoms with E-state index < -0.39 is 0 Å². The minimum Gasteiger partial charge on any atom is -0.321 e. The Morgan fingerprint density at radius 2 is 1.71 bits per heavy atom. The van der Waals surface area contributed by atoms with E-state index in [1.165, 1.54) is 34.6 Å². The number of hydrogen-bond acceptors (Lipinski definition) is 4. The molecule has 1 saturated heterocycles. The van der Waals surface area contributed by atoms with Crippen LogP contribution in [0.25, 0.3) is 11.2 Å². The molecule has 3 aromatic rings. The monoisotopic (exact) mass is 423 g/mol. The van der Waals surface area contributed by atoms with Crippen molar-refractivity contribution in [3.63, 3.8) is 0 Å². The fourth-order valence-electron chi connectivity index (χ4n) is 4.67. The Morgan fingerprint density at radius 3 is 2.35 bits per heavy atom. The Balaban J connectivity index is 1.56. The highest BCUT2D eigenvalue weighted by molar-refractivity contribution is 5.71. The first-order valence-electron chi connectivity index (χ1n) is 11.3. The third-order valence-corrected chi connectivity index (χ3v) is 6.41. The van der Waals surface area contributed by atoms with Gasteiger partial charge in [-0.25, -0.2) is 9.78 Å². The van der Waals surface area contributed by atoms with Gasteiger partial charge in [-0.3, -0.25) is 18.8 Å². The molecule has 0 spiro atoms. The predicted octanol–water partition coefficient (Wildman–Crippen LogP) is 2.54. The van der Waals surface area contributed by atoms with E-state index in [0.717, 1.165) is 25.3 Å². The first-order valence-corrected chi connectivity index (χ1v) is 11.3. The second kappa shape index (κ2) is 8.83. The molecular weight excluding hydrogens is 390 g/mol. The molecule has 0 bridgehead atoms. The van der Waals surface area contributed by atoms with E-state index in [9.17, 15) is 9.59 Å². The number of imidazole rings is 1. The molecule has 0 radical (unpaired) electrons. The summed E-state index contributed by atoms with van der Waals surface area (Å²) in [6, 6.07) is 10.7. The van der Waals surface area contributed by atoms with Gasteiger partial charge in [0.25, 0.3) is 5.56 Å². The van der Waals surface area contributed by atoms with Gasteiger partial charge in [0.1, 0.15) is 5.82 Å². The van der Waals surface area contributed by atoms with Crippen molar-refractivity contribution in [2.24, 2.45) is 25.9 Å². The molecular formula is C24H33N5O2. The van der Waals surface area contributed by atoms with Crippen molar-refractivity contribution in [1.29, 1.82) is 0 Å². The smallest absolute Gasteiger partial charge is 0.321 e. The number of aryl methyl sites for hydroxylation is 1. The van der Waals surface area contributed by atoms with Crippen LogP contribution < -0.4 is 11.2 Å².